The largest absolute Gasteiger partial charge is 0.311 e. The second-order valence-corrected chi connectivity index (χ2v) is 18.1. The Morgan fingerprint density at radius 2 is 0.831 bits per heavy atom. The Labute approximate surface area is 349 Å². The molecular formula is C55H48BN3. The van der Waals surface area contributed by atoms with Gasteiger partial charge in [-0.3, -0.25) is 4.98 Å². The number of fused-ring (bicyclic) bond motifs is 4. The van der Waals surface area contributed by atoms with Gasteiger partial charge in [-0.15, -0.1) is 0 Å². The topological polar surface area (TPSA) is 19.4 Å². The van der Waals surface area contributed by atoms with Gasteiger partial charge in [-0.25, -0.2) is 0 Å². The van der Waals surface area contributed by atoms with Gasteiger partial charge in [0.05, 0.1) is 5.69 Å². The predicted molar refractivity (Wildman–Crippen MR) is 252 cm³/mol. The summed E-state index contributed by atoms with van der Waals surface area (Å²) in [5, 5.41) is 0. The monoisotopic (exact) mass is 761 g/mol. The first-order chi connectivity index (χ1) is 28.5. The molecule has 0 spiro atoms. The van der Waals surface area contributed by atoms with Crippen molar-refractivity contribution >= 4 is 57.2 Å². The summed E-state index contributed by atoms with van der Waals surface area (Å²) in [7, 11) is 0. The van der Waals surface area contributed by atoms with Crippen molar-refractivity contribution in [1.82, 2.24) is 4.98 Å². The van der Waals surface area contributed by atoms with Crippen molar-refractivity contribution in [3.63, 3.8) is 0 Å². The number of benzene rings is 7. The van der Waals surface area contributed by atoms with Gasteiger partial charge in [0.2, 0.25) is 0 Å². The molecular weight excluding hydrogens is 713 g/mol. The molecule has 0 amide bonds. The molecule has 0 bridgehead atoms. The molecule has 2 aliphatic heterocycles. The number of aromatic nitrogens is 1. The number of rotatable bonds is 5. The molecule has 3 nitrogen and oxygen atoms in total. The third kappa shape index (κ3) is 6.44. The molecule has 0 aliphatic carbocycles. The first kappa shape index (κ1) is 36.7. The van der Waals surface area contributed by atoms with Gasteiger partial charge in [0.25, 0.3) is 6.71 Å². The van der Waals surface area contributed by atoms with E-state index in [-0.39, 0.29) is 17.5 Å². The van der Waals surface area contributed by atoms with Crippen LogP contribution in [0.3, 0.4) is 0 Å². The number of nitrogens with zero attached hydrogens (tertiary/aromatic N) is 3. The Hall–Kier alpha value is -6.65. The van der Waals surface area contributed by atoms with Crippen molar-refractivity contribution < 1.29 is 0 Å². The molecule has 7 aromatic carbocycles. The van der Waals surface area contributed by atoms with Gasteiger partial charge < -0.3 is 9.80 Å². The maximum atomic E-state index is 4.93. The highest BCUT2D eigenvalue weighted by Crippen LogP contribution is 2.47. The molecule has 0 fully saturated rings. The van der Waals surface area contributed by atoms with Gasteiger partial charge in [0, 0.05) is 45.9 Å². The predicted octanol–water partition coefficient (Wildman–Crippen LogP) is 12.8. The van der Waals surface area contributed by atoms with Gasteiger partial charge >= 0.3 is 0 Å². The molecule has 2 aliphatic rings. The normalized spacial score (nSPS) is 13.2. The molecule has 1 aromatic heterocycles. The van der Waals surface area contributed by atoms with Gasteiger partial charge in [0.15, 0.2) is 0 Å². The van der Waals surface area contributed by atoms with E-state index >= 15 is 0 Å². The smallest absolute Gasteiger partial charge is 0.252 e. The van der Waals surface area contributed by atoms with Crippen LogP contribution in [-0.2, 0) is 10.8 Å². The molecule has 0 atom stereocenters. The Morgan fingerprint density at radius 1 is 0.390 bits per heavy atom. The summed E-state index contributed by atoms with van der Waals surface area (Å²) in [5.41, 5.74) is 20.4. The third-order valence-corrected chi connectivity index (χ3v) is 12.2. The van der Waals surface area contributed by atoms with E-state index in [2.05, 4.69) is 221 Å². The number of anilines is 6. The Morgan fingerprint density at radius 3 is 1.24 bits per heavy atom. The van der Waals surface area contributed by atoms with Gasteiger partial charge in [-0.05, 0) is 121 Å². The second kappa shape index (κ2) is 14.0. The third-order valence-electron chi connectivity index (χ3n) is 12.2. The van der Waals surface area contributed by atoms with Gasteiger partial charge in [-0.1, -0.05) is 157 Å². The average molecular weight is 762 g/mol. The quantitative estimate of drug-likeness (QED) is 0.163. The van der Waals surface area contributed by atoms with Gasteiger partial charge in [-0.2, -0.15) is 0 Å². The highest BCUT2D eigenvalue weighted by molar-refractivity contribution is 7.00. The van der Waals surface area contributed by atoms with Crippen molar-refractivity contribution in [2.24, 2.45) is 0 Å². The summed E-state index contributed by atoms with van der Waals surface area (Å²) in [5.74, 6) is 0. The maximum Gasteiger partial charge on any atom is 0.252 e. The molecule has 59 heavy (non-hydrogen) atoms. The Balaban J connectivity index is 1.31. The lowest BCUT2D eigenvalue weighted by Gasteiger charge is -2.44. The lowest BCUT2D eigenvalue weighted by atomic mass is 9.33. The van der Waals surface area contributed by atoms with Crippen LogP contribution in [0.1, 0.15) is 52.7 Å². The number of hydrogen-bond acceptors (Lipinski definition) is 3. The fraction of sp³-hybridized carbons (Fsp3) is 0.145. The molecule has 8 aromatic rings. The lowest BCUT2D eigenvalue weighted by Crippen LogP contribution is -2.61. The minimum Gasteiger partial charge on any atom is -0.311 e. The fourth-order valence-electron chi connectivity index (χ4n) is 9.08. The van der Waals surface area contributed by atoms with E-state index in [1.54, 1.807) is 0 Å². The van der Waals surface area contributed by atoms with Crippen molar-refractivity contribution in [3.05, 3.63) is 193 Å². The molecule has 0 saturated heterocycles. The van der Waals surface area contributed by atoms with E-state index in [1.165, 1.54) is 72.5 Å². The van der Waals surface area contributed by atoms with Crippen LogP contribution < -0.4 is 26.2 Å². The highest BCUT2D eigenvalue weighted by Gasteiger charge is 2.44. The molecule has 0 saturated carbocycles. The number of pyridine rings is 1. The molecule has 10 rings (SSSR count). The molecule has 0 N–H and O–H groups in total. The summed E-state index contributed by atoms with van der Waals surface area (Å²) < 4.78 is 0. The van der Waals surface area contributed by atoms with E-state index in [4.69, 9.17) is 4.98 Å². The average Bonchev–Trinajstić information content (AvgIpc) is 3.26. The van der Waals surface area contributed by atoms with Crippen LogP contribution in [-0.4, -0.2) is 11.7 Å². The number of hydrogen-bond donors (Lipinski definition) is 0. The van der Waals surface area contributed by atoms with Crippen LogP contribution in [0.5, 0.6) is 0 Å². The standard InChI is InChI=1S/C55H48BN3/c1-54(2,3)42-22-26-44(27-23-42)58-49-30-20-39(37-15-9-7-10-16-37)33-46(49)56-47-34-40(38-17-11-8-12-18-38)21-31-50(47)59(45-28-24-43(25-29-45)55(4,5)6)52-36-41(35-51(58)53(52)56)48-19-13-14-32-57-48/h7-36H,1-6H3. The highest BCUT2D eigenvalue weighted by atomic mass is 15.2. The van der Waals surface area contributed by atoms with Crippen LogP contribution >= 0.6 is 0 Å². The maximum absolute atomic E-state index is 4.93. The van der Waals surface area contributed by atoms with Crippen molar-refractivity contribution in [2.45, 2.75) is 52.4 Å². The van der Waals surface area contributed by atoms with Crippen LogP contribution in [0.4, 0.5) is 34.1 Å². The first-order valence-electron chi connectivity index (χ1n) is 20.8. The molecule has 0 radical (unpaired) electrons. The first-order valence-corrected chi connectivity index (χ1v) is 20.8. The zero-order valence-corrected chi connectivity index (χ0v) is 34.7. The summed E-state index contributed by atoms with van der Waals surface area (Å²) in [6, 6.07) is 65.2. The van der Waals surface area contributed by atoms with Crippen LogP contribution in [0, 0.1) is 0 Å². The fourth-order valence-corrected chi connectivity index (χ4v) is 9.08. The van der Waals surface area contributed by atoms with Crippen molar-refractivity contribution in [1.29, 1.82) is 0 Å². The minimum atomic E-state index is -0.0368. The Kier molecular flexibility index (Phi) is 8.72. The lowest BCUT2D eigenvalue weighted by molar-refractivity contribution is 0.590. The summed E-state index contributed by atoms with van der Waals surface area (Å²) in [6.07, 6.45) is 1.90. The van der Waals surface area contributed by atoms with E-state index in [1.807, 2.05) is 12.3 Å². The van der Waals surface area contributed by atoms with E-state index in [9.17, 15) is 0 Å². The minimum absolute atomic E-state index is 0.0368. The summed E-state index contributed by atoms with van der Waals surface area (Å²) in [4.78, 5) is 9.94. The zero-order valence-electron chi connectivity index (χ0n) is 34.7. The zero-order chi connectivity index (χ0) is 40.5. The van der Waals surface area contributed by atoms with Crippen LogP contribution in [0.25, 0.3) is 33.5 Å². The van der Waals surface area contributed by atoms with Crippen LogP contribution in [0.2, 0.25) is 0 Å². The van der Waals surface area contributed by atoms with Gasteiger partial charge in [0.1, 0.15) is 0 Å². The van der Waals surface area contributed by atoms with Crippen molar-refractivity contribution in [2.75, 3.05) is 9.80 Å². The summed E-state index contributed by atoms with van der Waals surface area (Å²) >= 11 is 0. The van der Waals surface area contributed by atoms with E-state index in [0.717, 1.165) is 22.6 Å². The molecule has 4 heteroatoms. The molecule has 286 valence electrons. The second-order valence-electron chi connectivity index (χ2n) is 18.1. The molecule has 3 heterocycles. The van der Waals surface area contributed by atoms with Crippen LogP contribution in [0.15, 0.2) is 182 Å². The van der Waals surface area contributed by atoms with E-state index in [0.29, 0.717) is 0 Å². The van der Waals surface area contributed by atoms with Crippen molar-refractivity contribution in [3.8, 4) is 33.5 Å². The Bertz CT molecular complexity index is 2640. The molecule has 0 unspecified atom stereocenters. The summed E-state index contributed by atoms with van der Waals surface area (Å²) in [6.45, 7) is 13.7. The SMILES string of the molecule is CC(C)(C)c1ccc(N2c3ccc(-c4ccccc4)cc3B3c4cc(-c5ccccc5)ccc4N(c4ccc(C(C)(C)C)cc4)c4cc(-c5ccccn5)cc2c43)cc1. The van der Waals surface area contributed by atoms with E-state index < -0.39 is 0 Å².